The summed E-state index contributed by atoms with van der Waals surface area (Å²) < 4.78 is 9.76. The van der Waals surface area contributed by atoms with E-state index in [1.165, 1.54) is 0 Å². The molecule has 0 aromatic carbocycles. The number of rotatable bonds is 1. The number of hydrogen-bond donors (Lipinski definition) is 3. The second kappa shape index (κ2) is 2.12. The van der Waals surface area contributed by atoms with E-state index in [2.05, 4.69) is 5.73 Å². The molecule has 42 valence electrons. The lowest BCUT2D eigenvalue weighted by Gasteiger charge is -1.89. The van der Waals surface area contributed by atoms with Gasteiger partial charge in [-0.15, -0.1) is 0 Å². The Hall–Kier alpha value is -0.310. The van der Waals surface area contributed by atoms with E-state index in [0.29, 0.717) is 5.82 Å². The van der Waals surface area contributed by atoms with Crippen LogP contribution in [0.3, 0.4) is 0 Å². The Morgan fingerprint density at radius 3 is 2.00 bits per heavy atom. The maximum absolute atomic E-state index is 9.76. The summed E-state index contributed by atoms with van der Waals surface area (Å²) in [6.07, 6.45) is 0.820. The van der Waals surface area contributed by atoms with Crippen molar-refractivity contribution >= 4 is 7.60 Å². The molecule has 0 aromatic rings. The van der Waals surface area contributed by atoms with Crippen molar-refractivity contribution in [3.8, 4) is 0 Å². The molecule has 0 aromatic heterocycles. The Kier molecular flexibility index (Phi) is 2.02. The summed E-state index contributed by atoms with van der Waals surface area (Å²) in [6.45, 7) is 0. The van der Waals surface area contributed by atoms with Crippen LogP contribution < -0.4 is 5.73 Å². The Labute approximate surface area is 40.8 Å². The summed E-state index contributed by atoms with van der Waals surface area (Å²) in [5, 5.41) is 0. The van der Waals surface area contributed by atoms with E-state index in [1.54, 1.807) is 0 Å². The fourth-order valence-electron chi connectivity index (χ4n) is 0.112. The van der Waals surface area contributed by atoms with E-state index in [9.17, 15) is 4.57 Å². The molecular weight excluding hydrogens is 117 g/mol. The molecule has 4 nitrogen and oxygen atoms in total. The molecule has 0 saturated heterocycles. The van der Waals surface area contributed by atoms with Gasteiger partial charge in [0.2, 0.25) is 0 Å². The fraction of sp³-hybridized carbons (Fsp3) is 0. The highest BCUT2D eigenvalue weighted by molar-refractivity contribution is 7.55. The molecule has 0 radical (unpaired) electrons. The zero-order chi connectivity index (χ0) is 5.91. The molecular formula is C2H6NO3P. The molecule has 0 saturated carbocycles. The average Bonchev–Trinajstić information content (AvgIpc) is 1.30. The minimum absolute atomic E-state index is 0.632. The maximum atomic E-state index is 9.76. The molecule has 0 rings (SSSR count). The van der Waals surface area contributed by atoms with Gasteiger partial charge in [-0.05, 0) is 0 Å². The Bertz CT molecular complexity index is 114. The molecule has 0 spiro atoms. The van der Waals surface area contributed by atoms with Crippen molar-refractivity contribution in [1.82, 2.24) is 0 Å². The average molecular weight is 123 g/mol. The minimum atomic E-state index is -3.97. The second-order valence-electron chi connectivity index (χ2n) is 0.931. The highest BCUT2D eigenvalue weighted by atomic mass is 31.2. The molecule has 0 bridgehead atoms. The van der Waals surface area contributed by atoms with E-state index < -0.39 is 7.60 Å². The van der Waals surface area contributed by atoms with E-state index in [-0.39, 0.29) is 0 Å². The lowest BCUT2D eigenvalue weighted by molar-refractivity contribution is 0.386. The lowest BCUT2D eigenvalue weighted by atomic mass is 11.1. The monoisotopic (exact) mass is 123 g/mol. The van der Waals surface area contributed by atoms with Gasteiger partial charge >= 0.3 is 7.60 Å². The molecule has 0 fully saturated rings. The molecule has 0 heterocycles. The van der Waals surface area contributed by atoms with E-state index in [0.717, 1.165) is 6.20 Å². The van der Waals surface area contributed by atoms with E-state index in [1.807, 2.05) is 0 Å². The largest absolute Gasteiger partial charge is 0.404 e. The van der Waals surface area contributed by atoms with Crippen LogP contribution in [0.4, 0.5) is 0 Å². The van der Waals surface area contributed by atoms with Crippen LogP contribution in [-0.2, 0) is 4.57 Å². The van der Waals surface area contributed by atoms with Gasteiger partial charge in [-0.2, -0.15) is 0 Å². The topological polar surface area (TPSA) is 83.6 Å². The van der Waals surface area contributed by atoms with Gasteiger partial charge in [0.25, 0.3) is 0 Å². The van der Waals surface area contributed by atoms with Crippen molar-refractivity contribution in [2.45, 2.75) is 0 Å². The predicted molar refractivity (Wildman–Crippen MR) is 25.4 cm³/mol. The van der Waals surface area contributed by atoms with Crippen LogP contribution in [0.2, 0.25) is 0 Å². The van der Waals surface area contributed by atoms with Crippen LogP contribution in [0.5, 0.6) is 0 Å². The first kappa shape index (κ1) is 6.69. The van der Waals surface area contributed by atoms with Crippen LogP contribution in [0.1, 0.15) is 0 Å². The Morgan fingerprint density at radius 2 is 2.00 bits per heavy atom. The summed E-state index contributed by atoms with van der Waals surface area (Å²) >= 11 is 0. The molecule has 0 aliphatic heterocycles. The zero-order valence-electron chi connectivity index (χ0n) is 3.48. The normalized spacial score (nSPS) is 12.9. The van der Waals surface area contributed by atoms with Crippen LogP contribution in [0, 0.1) is 0 Å². The van der Waals surface area contributed by atoms with Gasteiger partial charge in [-0.3, -0.25) is 4.57 Å². The van der Waals surface area contributed by atoms with Gasteiger partial charge in [0.05, 0.1) is 0 Å². The van der Waals surface area contributed by atoms with E-state index in [4.69, 9.17) is 9.79 Å². The quantitative estimate of drug-likeness (QED) is 0.414. The van der Waals surface area contributed by atoms with Gasteiger partial charge in [-0.1, -0.05) is 0 Å². The van der Waals surface area contributed by atoms with Crippen LogP contribution in [0.15, 0.2) is 12.0 Å². The molecule has 4 N–H and O–H groups in total. The van der Waals surface area contributed by atoms with Crippen LogP contribution in [0.25, 0.3) is 0 Å². The third kappa shape index (κ3) is 5.69. The molecule has 0 aliphatic rings. The second-order valence-corrected chi connectivity index (χ2v) is 2.41. The third-order valence-corrected chi connectivity index (χ3v) is 0.841. The Morgan fingerprint density at radius 1 is 1.57 bits per heavy atom. The number of nitrogens with two attached hydrogens (primary N) is 1. The summed E-state index contributed by atoms with van der Waals surface area (Å²) in [6, 6.07) is 0. The molecule has 0 aliphatic carbocycles. The van der Waals surface area contributed by atoms with Gasteiger partial charge < -0.3 is 15.5 Å². The van der Waals surface area contributed by atoms with Crippen molar-refractivity contribution in [2.75, 3.05) is 0 Å². The first-order chi connectivity index (χ1) is 3.06. The van der Waals surface area contributed by atoms with Crippen LogP contribution in [-0.4, -0.2) is 9.79 Å². The molecule has 0 amide bonds. The Balaban J connectivity index is 3.82. The highest BCUT2D eigenvalue weighted by Crippen LogP contribution is 2.35. The summed E-state index contributed by atoms with van der Waals surface area (Å²) in [7, 11) is -3.97. The van der Waals surface area contributed by atoms with Crippen molar-refractivity contribution < 1.29 is 14.4 Å². The van der Waals surface area contributed by atoms with Crippen LogP contribution >= 0.6 is 7.60 Å². The van der Waals surface area contributed by atoms with Gasteiger partial charge in [-0.25, -0.2) is 0 Å². The molecule has 0 unspecified atom stereocenters. The third-order valence-electron chi connectivity index (χ3n) is 0.280. The van der Waals surface area contributed by atoms with Crippen molar-refractivity contribution in [3.05, 3.63) is 12.0 Å². The summed E-state index contributed by atoms with van der Waals surface area (Å²) in [5.74, 6) is 0.632. The van der Waals surface area contributed by atoms with Crippen molar-refractivity contribution in [2.24, 2.45) is 5.73 Å². The smallest absolute Gasteiger partial charge is 0.350 e. The summed E-state index contributed by atoms with van der Waals surface area (Å²) in [5.41, 5.74) is 4.64. The predicted octanol–water partition coefficient (Wildman–Crippen LogP) is -0.406. The van der Waals surface area contributed by atoms with Gasteiger partial charge in [0.15, 0.2) is 0 Å². The molecule has 7 heavy (non-hydrogen) atoms. The van der Waals surface area contributed by atoms with Gasteiger partial charge in [0, 0.05) is 12.0 Å². The maximum Gasteiger partial charge on any atom is 0.350 e. The standard InChI is InChI=1S/C2H6NO3P/c3-1-2-7(4,5)6/h1-2H,3H2,(H2,4,5,6). The minimum Gasteiger partial charge on any atom is -0.404 e. The SMILES string of the molecule is NC=CP(=O)(O)O. The number of hydrogen-bond acceptors (Lipinski definition) is 2. The first-order valence-electron chi connectivity index (χ1n) is 1.51. The lowest BCUT2D eigenvalue weighted by Crippen LogP contribution is -1.76. The molecule has 0 atom stereocenters. The fourth-order valence-corrected chi connectivity index (χ4v) is 0.336. The van der Waals surface area contributed by atoms with Crippen molar-refractivity contribution in [1.29, 1.82) is 0 Å². The van der Waals surface area contributed by atoms with E-state index >= 15 is 0 Å². The molecule has 5 heteroatoms. The first-order valence-corrected chi connectivity index (χ1v) is 3.19. The highest BCUT2D eigenvalue weighted by Gasteiger charge is 2.02. The summed E-state index contributed by atoms with van der Waals surface area (Å²) in [4.78, 5) is 15.9. The van der Waals surface area contributed by atoms with Crippen molar-refractivity contribution in [3.63, 3.8) is 0 Å². The van der Waals surface area contributed by atoms with Gasteiger partial charge in [0.1, 0.15) is 0 Å². The zero-order valence-corrected chi connectivity index (χ0v) is 4.38.